The van der Waals surface area contributed by atoms with E-state index >= 15 is 0 Å². The third kappa shape index (κ3) is 3.96. The van der Waals surface area contributed by atoms with E-state index in [1.165, 1.54) is 84.0 Å². The highest BCUT2D eigenvalue weighted by Gasteiger charge is 2.24. The molecule has 0 aromatic heterocycles. The van der Waals surface area contributed by atoms with Crippen LogP contribution in [0.3, 0.4) is 0 Å². The number of hydrogen-bond acceptors (Lipinski definition) is 2. The molecule has 0 radical (unpaired) electrons. The average Bonchev–Trinajstić information content (AvgIpc) is 3.09. The number of piperidine rings is 1. The lowest BCUT2D eigenvalue weighted by Gasteiger charge is -2.33. The van der Waals surface area contributed by atoms with E-state index in [4.69, 9.17) is 0 Å². The third-order valence-electron chi connectivity index (χ3n) is 5.31. The summed E-state index contributed by atoms with van der Waals surface area (Å²) in [6, 6.07) is 0.827. The molecule has 1 saturated heterocycles. The number of likely N-dealkylation sites (tertiary alicyclic amines) is 1. The fraction of sp³-hybridized carbons (Fsp3) is 1.00. The van der Waals surface area contributed by atoms with Gasteiger partial charge in [-0.3, -0.25) is 0 Å². The molecular weight excluding hydrogens is 220 g/mol. The van der Waals surface area contributed by atoms with E-state index in [-0.39, 0.29) is 0 Å². The van der Waals surface area contributed by atoms with Gasteiger partial charge in [0.05, 0.1) is 0 Å². The van der Waals surface area contributed by atoms with Crippen LogP contribution >= 0.6 is 0 Å². The van der Waals surface area contributed by atoms with Gasteiger partial charge in [0.25, 0.3) is 0 Å². The summed E-state index contributed by atoms with van der Waals surface area (Å²) in [6.45, 7) is 5.36. The standard InChI is InChI=1S/C16H30N2/c1-2-4-14(3-1)7-10-18-11-8-16(9-12-18)17-13-15-5-6-15/h14-17H,1-13H2. The number of rotatable bonds is 6. The lowest BCUT2D eigenvalue weighted by Crippen LogP contribution is -2.43. The van der Waals surface area contributed by atoms with Gasteiger partial charge in [-0.1, -0.05) is 25.7 Å². The van der Waals surface area contributed by atoms with Crippen LogP contribution in [0.25, 0.3) is 0 Å². The normalized spacial score (nSPS) is 28.0. The van der Waals surface area contributed by atoms with Crippen LogP contribution in [-0.2, 0) is 0 Å². The average molecular weight is 250 g/mol. The van der Waals surface area contributed by atoms with E-state index in [1.54, 1.807) is 0 Å². The molecular formula is C16H30N2. The van der Waals surface area contributed by atoms with Crippen molar-refractivity contribution >= 4 is 0 Å². The van der Waals surface area contributed by atoms with Crippen molar-refractivity contribution in [2.45, 2.75) is 63.8 Å². The van der Waals surface area contributed by atoms with Crippen molar-refractivity contribution in [3.63, 3.8) is 0 Å². The lowest BCUT2D eigenvalue weighted by molar-refractivity contribution is 0.186. The summed E-state index contributed by atoms with van der Waals surface area (Å²) < 4.78 is 0. The summed E-state index contributed by atoms with van der Waals surface area (Å²) in [5.41, 5.74) is 0. The van der Waals surface area contributed by atoms with Gasteiger partial charge in [-0.2, -0.15) is 0 Å². The second kappa shape index (κ2) is 6.38. The molecule has 0 unspecified atom stereocenters. The van der Waals surface area contributed by atoms with Crippen LogP contribution in [-0.4, -0.2) is 37.1 Å². The first-order chi connectivity index (χ1) is 8.90. The van der Waals surface area contributed by atoms with Crippen molar-refractivity contribution < 1.29 is 0 Å². The first kappa shape index (κ1) is 12.9. The predicted molar refractivity (Wildman–Crippen MR) is 76.8 cm³/mol. The van der Waals surface area contributed by atoms with Crippen LogP contribution in [0.2, 0.25) is 0 Å². The molecule has 2 aliphatic carbocycles. The van der Waals surface area contributed by atoms with Gasteiger partial charge in [-0.05, 0) is 70.1 Å². The maximum atomic E-state index is 3.77. The molecule has 3 fully saturated rings. The zero-order chi connectivity index (χ0) is 12.2. The largest absolute Gasteiger partial charge is 0.314 e. The van der Waals surface area contributed by atoms with Crippen molar-refractivity contribution in [3.05, 3.63) is 0 Å². The Labute approximate surface area is 113 Å². The fourth-order valence-electron chi connectivity index (χ4n) is 3.68. The molecule has 0 amide bonds. The van der Waals surface area contributed by atoms with Crippen molar-refractivity contribution in [3.8, 4) is 0 Å². The summed E-state index contributed by atoms with van der Waals surface area (Å²) in [5, 5.41) is 3.77. The second-order valence-corrected chi connectivity index (χ2v) is 6.91. The molecule has 1 heterocycles. The van der Waals surface area contributed by atoms with E-state index in [2.05, 4.69) is 10.2 Å². The van der Waals surface area contributed by atoms with Crippen LogP contribution in [0.15, 0.2) is 0 Å². The first-order valence-corrected chi connectivity index (χ1v) is 8.36. The second-order valence-electron chi connectivity index (χ2n) is 6.91. The highest BCUT2D eigenvalue weighted by molar-refractivity contribution is 4.82. The minimum absolute atomic E-state index is 0.827. The van der Waals surface area contributed by atoms with Crippen LogP contribution in [0.4, 0.5) is 0 Å². The zero-order valence-electron chi connectivity index (χ0n) is 11.9. The van der Waals surface area contributed by atoms with Gasteiger partial charge in [-0.25, -0.2) is 0 Å². The predicted octanol–water partition coefficient (Wildman–Crippen LogP) is 3.03. The maximum Gasteiger partial charge on any atom is 0.00915 e. The molecule has 0 aromatic rings. The van der Waals surface area contributed by atoms with Crippen LogP contribution in [0.1, 0.15) is 57.8 Å². The molecule has 18 heavy (non-hydrogen) atoms. The van der Waals surface area contributed by atoms with Gasteiger partial charge < -0.3 is 10.2 Å². The fourth-order valence-corrected chi connectivity index (χ4v) is 3.68. The van der Waals surface area contributed by atoms with Gasteiger partial charge in [0.15, 0.2) is 0 Å². The molecule has 0 atom stereocenters. The van der Waals surface area contributed by atoms with Gasteiger partial charge in [-0.15, -0.1) is 0 Å². The van der Waals surface area contributed by atoms with E-state index < -0.39 is 0 Å². The Balaban J connectivity index is 1.27. The summed E-state index contributed by atoms with van der Waals surface area (Å²) in [6.07, 6.45) is 13.2. The first-order valence-electron chi connectivity index (χ1n) is 8.36. The Morgan fingerprint density at radius 2 is 1.56 bits per heavy atom. The van der Waals surface area contributed by atoms with Crippen molar-refractivity contribution in [1.29, 1.82) is 0 Å². The Hall–Kier alpha value is -0.0800. The van der Waals surface area contributed by atoms with Gasteiger partial charge >= 0.3 is 0 Å². The van der Waals surface area contributed by atoms with E-state index in [9.17, 15) is 0 Å². The molecule has 3 aliphatic rings. The molecule has 104 valence electrons. The summed E-state index contributed by atoms with van der Waals surface area (Å²) in [7, 11) is 0. The van der Waals surface area contributed by atoms with Crippen molar-refractivity contribution in [2.24, 2.45) is 11.8 Å². The molecule has 1 aliphatic heterocycles. The molecule has 2 saturated carbocycles. The number of nitrogens with zero attached hydrogens (tertiary/aromatic N) is 1. The quantitative estimate of drug-likeness (QED) is 0.779. The van der Waals surface area contributed by atoms with Crippen LogP contribution in [0, 0.1) is 11.8 Å². The Morgan fingerprint density at radius 1 is 0.833 bits per heavy atom. The smallest absolute Gasteiger partial charge is 0.00915 e. The summed E-state index contributed by atoms with van der Waals surface area (Å²) in [5.74, 6) is 2.10. The number of hydrogen-bond donors (Lipinski definition) is 1. The van der Waals surface area contributed by atoms with Crippen molar-refractivity contribution in [2.75, 3.05) is 26.2 Å². The zero-order valence-corrected chi connectivity index (χ0v) is 11.9. The Kier molecular flexibility index (Phi) is 4.58. The highest BCUT2D eigenvalue weighted by Crippen LogP contribution is 2.29. The van der Waals surface area contributed by atoms with Gasteiger partial charge in [0.1, 0.15) is 0 Å². The molecule has 1 N–H and O–H groups in total. The Morgan fingerprint density at radius 3 is 2.22 bits per heavy atom. The summed E-state index contributed by atoms with van der Waals surface area (Å²) in [4.78, 5) is 2.72. The van der Waals surface area contributed by atoms with E-state index in [0.29, 0.717) is 0 Å². The maximum absolute atomic E-state index is 3.77. The number of nitrogens with one attached hydrogen (secondary N) is 1. The topological polar surface area (TPSA) is 15.3 Å². The monoisotopic (exact) mass is 250 g/mol. The third-order valence-corrected chi connectivity index (χ3v) is 5.31. The molecule has 2 nitrogen and oxygen atoms in total. The molecule has 2 heteroatoms. The Bertz CT molecular complexity index is 235. The van der Waals surface area contributed by atoms with Gasteiger partial charge in [0.2, 0.25) is 0 Å². The molecule has 0 spiro atoms. The van der Waals surface area contributed by atoms with Crippen LogP contribution < -0.4 is 5.32 Å². The SMILES string of the molecule is C1CCC(CCN2CCC(NCC3CC3)CC2)C1. The van der Waals surface area contributed by atoms with Gasteiger partial charge in [0, 0.05) is 6.04 Å². The molecule has 0 bridgehead atoms. The lowest BCUT2D eigenvalue weighted by atomic mass is 10.0. The van der Waals surface area contributed by atoms with E-state index in [1.807, 2.05) is 0 Å². The van der Waals surface area contributed by atoms with Crippen molar-refractivity contribution in [1.82, 2.24) is 10.2 Å². The minimum Gasteiger partial charge on any atom is -0.314 e. The molecule has 0 aromatic carbocycles. The van der Waals surface area contributed by atoms with E-state index in [0.717, 1.165) is 17.9 Å². The minimum atomic E-state index is 0.827. The van der Waals surface area contributed by atoms with Crippen LogP contribution in [0.5, 0.6) is 0 Å². The molecule has 3 rings (SSSR count). The highest BCUT2D eigenvalue weighted by atomic mass is 15.1. The summed E-state index contributed by atoms with van der Waals surface area (Å²) >= 11 is 0.